The summed E-state index contributed by atoms with van der Waals surface area (Å²) in [4.78, 5) is 14.3. The van der Waals surface area contributed by atoms with Gasteiger partial charge >= 0.3 is 0 Å². The van der Waals surface area contributed by atoms with E-state index in [0.29, 0.717) is 36.4 Å². The first-order valence-corrected chi connectivity index (χ1v) is 8.56. The summed E-state index contributed by atoms with van der Waals surface area (Å²) in [7, 11) is 1.61. The van der Waals surface area contributed by atoms with Gasteiger partial charge in [-0.05, 0) is 37.1 Å². The van der Waals surface area contributed by atoms with Gasteiger partial charge in [0.05, 0.1) is 24.9 Å². The Bertz CT molecular complexity index is 888. The van der Waals surface area contributed by atoms with Gasteiger partial charge in [0.2, 0.25) is 5.89 Å². The number of para-hydroxylation sites is 1. The second-order valence-electron chi connectivity index (χ2n) is 6.21. The van der Waals surface area contributed by atoms with Crippen LogP contribution in [0.3, 0.4) is 0 Å². The summed E-state index contributed by atoms with van der Waals surface area (Å²) in [6, 6.07) is 10.9. The van der Waals surface area contributed by atoms with Gasteiger partial charge in [-0.3, -0.25) is 4.79 Å². The molecule has 0 bridgehead atoms. The number of piperidine rings is 1. The number of benzene rings is 1. The van der Waals surface area contributed by atoms with Gasteiger partial charge in [-0.15, -0.1) is 10.2 Å². The SMILES string of the molecule is COc1ccccc1-c1nnc([C@@H]2CCCN(C(=O)c3ccco3)C2)o1. The molecule has 0 saturated carbocycles. The van der Waals surface area contributed by atoms with Crippen LogP contribution in [0.4, 0.5) is 0 Å². The lowest BCUT2D eigenvalue weighted by atomic mass is 9.98. The average molecular weight is 353 g/mol. The molecule has 3 heterocycles. The molecule has 1 aliphatic rings. The highest BCUT2D eigenvalue weighted by Gasteiger charge is 2.30. The van der Waals surface area contributed by atoms with E-state index >= 15 is 0 Å². The minimum Gasteiger partial charge on any atom is -0.496 e. The predicted molar refractivity (Wildman–Crippen MR) is 92.9 cm³/mol. The van der Waals surface area contributed by atoms with Gasteiger partial charge in [0.15, 0.2) is 5.76 Å². The molecule has 0 spiro atoms. The summed E-state index contributed by atoms with van der Waals surface area (Å²) < 4.78 is 16.5. The fourth-order valence-electron chi connectivity index (χ4n) is 3.25. The molecule has 1 amide bonds. The summed E-state index contributed by atoms with van der Waals surface area (Å²) in [6.07, 6.45) is 3.28. The first-order valence-electron chi connectivity index (χ1n) is 8.56. The van der Waals surface area contributed by atoms with Crippen LogP contribution < -0.4 is 4.74 Å². The fourth-order valence-corrected chi connectivity index (χ4v) is 3.25. The number of furan rings is 1. The van der Waals surface area contributed by atoms with Crippen molar-refractivity contribution in [3.63, 3.8) is 0 Å². The lowest BCUT2D eigenvalue weighted by molar-refractivity contribution is 0.0666. The van der Waals surface area contributed by atoms with E-state index in [-0.39, 0.29) is 11.8 Å². The molecule has 0 unspecified atom stereocenters. The number of amides is 1. The van der Waals surface area contributed by atoms with Crippen molar-refractivity contribution in [3.8, 4) is 17.2 Å². The van der Waals surface area contributed by atoms with E-state index in [9.17, 15) is 4.79 Å². The summed E-state index contributed by atoms with van der Waals surface area (Å²) in [5, 5.41) is 8.39. The van der Waals surface area contributed by atoms with E-state index in [1.54, 1.807) is 24.1 Å². The molecule has 7 heteroatoms. The molecular weight excluding hydrogens is 334 g/mol. The molecule has 1 atom stereocenters. The van der Waals surface area contributed by atoms with Crippen molar-refractivity contribution in [3.05, 3.63) is 54.3 Å². The van der Waals surface area contributed by atoms with Crippen molar-refractivity contribution in [2.24, 2.45) is 0 Å². The normalized spacial score (nSPS) is 17.3. The Morgan fingerprint density at radius 3 is 2.92 bits per heavy atom. The topological polar surface area (TPSA) is 81.6 Å². The molecule has 0 radical (unpaired) electrons. The summed E-state index contributed by atoms with van der Waals surface area (Å²) in [6.45, 7) is 1.23. The van der Waals surface area contributed by atoms with E-state index in [2.05, 4.69) is 10.2 Å². The van der Waals surface area contributed by atoms with Crippen molar-refractivity contribution in [1.29, 1.82) is 0 Å². The van der Waals surface area contributed by atoms with Crippen molar-refractivity contribution >= 4 is 5.91 Å². The molecule has 1 fully saturated rings. The van der Waals surface area contributed by atoms with Crippen LogP contribution in [-0.2, 0) is 0 Å². The molecule has 1 aromatic carbocycles. The van der Waals surface area contributed by atoms with Crippen LogP contribution >= 0.6 is 0 Å². The van der Waals surface area contributed by atoms with Crippen LogP contribution in [-0.4, -0.2) is 41.2 Å². The zero-order chi connectivity index (χ0) is 17.9. The van der Waals surface area contributed by atoms with E-state index in [1.165, 1.54) is 6.26 Å². The number of carbonyl (C=O) groups excluding carboxylic acids is 1. The van der Waals surface area contributed by atoms with Crippen LogP contribution in [0, 0.1) is 0 Å². The van der Waals surface area contributed by atoms with E-state index in [1.807, 2.05) is 24.3 Å². The third-order valence-electron chi connectivity index (χ3n) is 4.57. The zero-order valence-electron chi connectivity index (χ0n) is 14.4. The number of rotatable bonds is 4. The summed E-state index contributed by atoms with van der Waals surface area (Å²) >= 11 is 0. The Balaban J connectivity index is 1.53. The molecule has 0 aliphatic carbocycles. The summed E-state index contributed by atoms with van der Waals surface area (Å²) in [5.41, 5.74) is 0.757. The van der Waals surface area contributed by atoms with Gasteiger partial charge in [0.1, 0.15) is 5.75 Å². The lowest BCUT2D eigenvalue weighted by Gasteiger charge is -2.30. The number of likely N-dealkylation sites (tertiary alicyclic amines) is 1. The molecule has 4 rings (SSSR count). The third kappa shape index (κ3) is 3.08. The van der Waals surface area contributed by atoms with E-state index < -0.39 is 0 Å². The van der Waals surface area contributed by atoms with Crippen LogP contribution in [0.15, 0.2) is 51.5 Å². The number of nitrogens with zero attached hydrogens (tertiary/aromatic N) is 3. The van der Waals surface area contributed by atoms with Crippen molar-refractivity contribution in [2.75, 3.05) is 20.2 Å². The number of ether oxygens (including phenoxy) is 1. The molecular formula is C19H19N3O4. The monoisotopic (exact) mass is 353 g/mol. The number of carbonyl (C=O) groups is 1. The third-order valence-corrected chi connectivity index (χ3v) is 4.57. The van der Waals surface area contributed by atoms with Crippen LogP contribution in [0.5, 0.6) is 5.75 Å². The van der Waals surface area contributed by atoms with Crippen molar-refractivity contribution < 1.29 is 18.4 Å². The molecule has 1 saturated heterocycles. The molecule has 2 aromatic heterocycles. The Morgan fingerprint density at radius 1 is 1.23 bits per heavy atom. The number of aromatic nitrogens is 2. The molecule has 134 valence electrons. The largest absolute Gasteiger partial charge is 0.496 e. The van der Waals surface area contributed by atoms with Crippen molar-refractivity contribution in [1.82, 2.24) is 15.1 Å². The van der Waals surface area contributed by atoms with E-state index in [4.69, 9.17) is 13.6 Å². The maximum Gasteiger partial charge on any atom is 0.289 e. The smallest absolute Gasteiger partial charge is 0.289 e. The first-order chi connectivity index (χ1) is 12.8. The summed E-state index contributed by atoms with van der Waals surface area (Å²) in [5.74, 6) is 1.91. The maximum absolute atomic E-state index is 12.5. The minimum atomic E-state index is -0.107. The van der Waals surface area contributed by atoms with Crippen molar-refractivity contribution in [2.45, 2.75) is 18.8 Å². The number of hydrogen-bond donors (Lipinski definition) is 0. The second kappa shape index (κ2) is 7.03. The highest BCUT2D eigenvalue weighted by Crippen LogP contribution is 2.32. The Kier molecular flexibility index (Phi) is 4.43. The van der Waals surface area contributed by atoms with Gasteiger partial charge in [0.25, 0.3) is 11.8 Å². The maximum atomic E-state index is 12.5. The quantitative estimate of drug-likeness (QED) is 0.715. The average Bonchev–Trinajstić information content (AvgIpc) is 3.39. The Morgan fingerprint density at radius 2 is 2.12 bits per heavy atom. The molecule has 1 aliphatic heterocycles. The highest BCUT2D eigenvalue weighted by atomic mass is 16.5. The van der Waals surface area contributed by atoms with Gasteiger partial charge in [-0.1, -0.05) is 12.1 Å². The first kappa shape index (κ1) is 16.4. The number of methoxy groups -OCH3 is 1. The zero-order valence-corrected chi connectivity index (χ0v) is 14.4. The van der Waals surface area contributed by atoms with Gasteiger partial charge in [0, 0.05) is 13.1 Å². The fraction of sp³-hybridized carbons (Fsp3) is 0.316. The molecule has 26 heavy (non-hydrogen) atoms. The van der Waals surface area contributed by atoms with Crippen LogP contribution in [0.2, 0.25) is 0 Å². The molecule has 0 N–H and O–H groups in total. The van der Waals surface area contributed by atoms with Crippen LogP contribution in [0.25, 0.3) is 11.5 Å². The molecule has 3 aromatic rings. The second-order valence-corrected chi connectivity index (χ2v) is 6.21. The predicted octanol–water partition coefficient (Wildman–Crippen LogP) is 3.36. The lowest BCUT2D eigenvalue weighted by Crippen LogP contribution is -2.39. The minimum absolute atomic E-state index is 0.0126. The van der Waals surface area contributed by atoms with Gasteiger partial charge in [-0.2, -0.15) is 0 Å². The molecule has 7 nitrogen and oxygen atoms in total. The van der Waals surface area contributed by atoms with Gasteiger partial charge in [-0.25, -0.2) is 0 Å². The highest BCUT2D eigenvalue weighted by molar-refractivity contribution is 5.91. The Labute approximate surface area is 150 Å². The van der Waals surface area contributed by atoms with Gasteiger partial charge < -0.3 is 18.5 Å². The number of hydrogen-bond acceptors (Lipinski definition) is 6. The Hall–Kier alpha value is -3.09. The van der Waals surface area contributed by atoms with E-state index in [0.717, 1.165) is 18.4 Å². The standard InChI is InChI=1S/C19H19N3O4/c1-24-15-8-3-2-7-14(15)18-21-20-17(26-18)13-6-4-10-22(12-13)19(23)16-9-5-11-25-16/h2-3,5,7-9,11,13H,4,6,10,12H2,1H3/t13-/m1/s1. The van der Waals surface area contributed by atoms with Crippen LogP contribution in [0.1, 0.15) is 35.2 Å².